The zero-order chi connectivity index (χ0) is 18.9. The predicted octanol–water partition coefficient (Wildman–Crippen LogP) is 2.96. The molecule has 1 aromatic heterocycles. The predicted molar refractivity (Wildman–Crippen MR) is 101 cm³/mol. The molecule has 0 spiro atoms. The second-order valence-electron chi connectivity index (χ2n) is 6.20. The summed E-state index contributed by atoms with van der Waals surface area (Å²) >= 11 is 0. The Morgan fingerprint density at radius 3 is 2.54 bits per heavy atom. The summed E-state index contributed by atoms with van der Waals surface area (Å²) in [5, 5.41) is 7.86. The molecule has 148 valence electrons. The largest absolute Gasteiger partial charge is 0.467 e. The van der Waals surface area contributed by atoms with Crippen LogP contribution in [0.15, 0.2) is 22.8 Å². The van der Waals surface area contributed by atoms with Gasteiger partial charge in [-0.3, -0.25) is 4.79 Å². The number of nitrogens with one attached hydrogen (secondary N) is 3. The first kappa shape index (κ1) is 22.0. The van der Waals surface area contributed by atoms with Gasteiger partial charge in [0.15, 0.2) is 0 Å². The Kier molecular flexibility index (Phi) is 12.9. The lowest BCUT2D eigenvalue weighted by Crippen LogP contribution is -2.42. The Bertz CT molecular complexity index is 477. The molecule has 0 radical (unpaired) electrons. The Morgan fingerprint density at radius 1 is 1.00 bits per heavy atom. The summed E-state index contributed by atoms with van der Waals surface area (Å²) in [4.78, 5) is 23.2. The van der Waals surface area contributed by atoms with E-state index in [1.165, 1.54) is 32.1 Å². The first-order valence-electron chi connectivity index (χ1n) is 9.61. The third kappa shape index (κ3) is 12.4. The van der Waals surface area contributed by atoms with Crippen LogP contribution in [0.2, 0.25) is 0 Å². The van der Waals surface area contributed by atoms with Crippen molar-refractivity contribution in [2.45, 2.75) is 58.4 Å². The Labute approximate surface area is 156 Å². The van der Waals surface area contributed by atoms with Crippen LogP contribution in [0.25, 0.3) is 0 Å². The molecule has 0 unspecified atom stereocenters. The maximum atomic E-state index is 11.6. The van der Waals surface area contributed by atoms with Crippen LogP contribution in [-0.2, 0) is 16.1 Å². The van der Waals surface area contributed by atoms with Crippen LogP contribution in [-0.4, -0.2) is 38.2 Å². The second kappa shape index (κ2) is 15.3. The molecule has 0 aliphatic rings. The topological polar surface area (TPSA) is 92.6 Å². The molecule has 0 saturated heterocycles. The molecule has 0 aliphatic carbocycles. The summed E-state index contributed by atoms with van der Waals surface area (Å²) in [6, 6.07) is 3.11. The fourth-order valence-corrected chi connectivity index (χ4v) is 2.35. The Hall–Kier alpha value is -2.02. The fourth-order valence-electron chi connectivity index (χ4n) is 2.35. The first-order chi connectivity index (χ1) is 12.7. The zero-order valence-corrected chi connectivity index (χ0v) is 15.9. The maximum Gasteiger partial charge on any atom is 0.315 e. The van der Waals surface area contributed by atoms with E-state index in [0.29, 0.717) is 18.9 Å². The van der Waals surface area contributed by atoms with Gasteiger partial charge in [-0.2, -0.15) is 0 Å². The number of hydrogen-bond donors (Lipinski definition) is 3. The van der Waals surface area contributed by atoms with Gasteiger partial charge in [0, 0.05) is 19.8 Å². The molecule has 0 bridgehead atoms. The van der Waals surface area contributed by atoms with Crippen molar-refractivity contribution in [2.75, 3.05) is 26.3 Å². The highest BCUT2D eigenvalue weighted by molar-refractivity contribution is 5.83. The van der Waals surface area contributed by atoms with Crippen molar-refractivity contribution in [3.8, 4) is 0 Å². The standard InChI is InChI=1S/C19H33N3O4/c1-2-3-4-5-6-7-12-25-13-9-11-20-18(23)16-22-19(24)21-15-17-10-8-14-26-17/h8,10,14H,2-7,9,11-13,15-16H2,1H3,(H,20,23)(H2,21,22,24). The molecule has 0 saturated carbocycles. The minimum Gasteiger partial charge on any atom is -0.467 e. The van der Waals surface area contributed by atoms with E-state index < -0.39 is 6.03 Å². The van der Waals surface area contributed by atoms with E-state index in [1.807, 2.05) is 0 Å². The normalized spacial score (nSPS) is 10.5. The van der Waals surface area contributed by atoms with Gasteiger partial charge in [-0.1, -0.05) is 39.0 Å². The highest BCUT2D eigenvalue weighted by atomic mass is 16.5. The van der Waals surface area contributed by atoms with E-state index >= 15 is 0 Å². The third-order valence-corrected chi connectivity index (χ3v) is 3.84. The minimum absolute atomic E-state index is 0.0530. The summed E-state index contributed by atoms with van der Waals surface area (Å²) in [5.41, 5.74) is 0. The minimum atomic E-state index is -0.404. The van der Waals surface area contributed by atoms with Crippen LogP contribution < -0.4 is 16.0 Å². The van der Waals surface area contributed by atoms with Gasteiger partial charge in [0.2, 0.25) is 5.91 Å². The summed E-state index contributed by atoms with van der Waals surface area (Å²) in [5.74, 6) is 0.444. The first-order valence-corrected chi connectivity index (χ1v) is 9.61. The summed E-state index contributed by atoms with van der Waals surface area (Å²) < 4.78 is 10.6. The van der Waals surface area contributed by atoms with Crippen molar-refractivity contribution in [3.63, 3.8) is 0 Å². The quantitative estimate of drug-likeness (QED) is 0.416. The number of ether oxygens (including phenoxy) is 1. The van der Waals surface area contributed by atoms with Gasteiger partial charge in [0.1, 0.15) is 5.76 Å². The van der Waals surface area contributed by atoms with Gasteiger partial charge in [0.25, 0.3) is 0 Å². The average Bonchev–Trinajstić information content (AvgIpc) is 3.16. The number of carbonyl (C=O) groups is 2. The lowest BCUT2D eigenvalue weighted by molar-refractivity contribution is -0.120. The lowest BCUT2D eigenvalue weighted by atomic mass is 10.1. The fraction of sp³-hybridized carbons (Fsp3) is 0.684. The number of urea groups is 1. The SMILES string of the molecule is CCCCCCCCOCCCNC(=O)CNC(=O)NCc1ccco1. The van der Waals surface area contributed by atoms with Gasteiger partial charge < -0.3 is 25.1 Å². The van der Waals surface area contributed by atoms with E-state index in [4.69, 9.17) is 9.15 Å². The van der Waals surface area contributed by atoms with Crippen molar-refractivity contribution in [3.05, 3.63) is 24.2 Å². The van der Waals surface area contributed by atoms with Crippen LogP contribution in [0, 0.1) is 0 Å². The number of carbonyl (C=O) groups excluding carboxylic acids is 2. The number of amides is 3. The summed E-state index contributed by atoms with van der Waals surface area (Å²) in [6.45, 7) is 4.43. The molecule has 3 amide bonds. The van der Waals surface area contributed by atoms with Gasteiger partial charge in [-0.25, -0.2) is 4.79 Å². The van der Waals surface area contributed by atoms with E-state index in [1.54, 1.807) is 18.4 Å². The molecular weight excluding hydrogens is 334 g/mol. The molecule has 7 nitrogen and oxygen atoms in total. The van der Waals surface area contributed by atoms with Gasteiger partial charge in [0.05, 0.1) is 19.4 Å². The molecule has 0 aliphatic heterocycles. The molecule has 1 rings (SSSR count). The highest BCUT2D eigenvalue weighted by Gasteiger charge is 2.05. The molecular formula is C19H33N3O4. The van der Waals surface area contributed by atoms with E-state index in [2.05, 4.69) is 22.9 Å². The molecule has 3 N–H and O–H groups in total. The van der Waals surface area contributed by atoms with Crippen molar-refractivity contribution in [2.24, 2.45) is 0 Å². The lowest BCUT2D eigenvalue weighted by Gasteiger charge is -2.08. The van der Waals surface area contributed by atoms with E-state index in [9.17, 15) is 9.59 Å². The Morgan fingerprint density at radius 2 is 1.77 bits per heavy atom. The molecule has 1 aromatic rings. The molecule has 7 heteroatoms. The van der Waals surface area contributed by atoms with Crippen LogP contribution in [0.4, 0.5) is 4.79 Å². The molecule has 26 heavy (non-hydrogen) atoms. The Balaban J connectivity index is 1.85. The van der Waals surface area contributed by atoms with Crippen molar-refractivity contribution in [1.82, 2.24) is 16.0 Å². The number of hydrogen-bond acceptors (Lipinski definition) is 4. The molecule has 1 heterocycles. The van der Waals surface area contributed by atoms with Crippen molar-refractivity contribution < 1.29 is 18.7 Å². The van der Waals surface area contributed by atoms with E-state index in [-0.39, 0.29) is 19.0 Å². The monoisotopic (exact) mass is 367 g/mol. The summed E-state index contributed by atoms with van der Waals surface area (Å²) in [6.07, 6.45) is 9.84. The average molecular weight is 367 g/mol. The van der Waals surface area contributed by atoms with Gasteiger partial charge >= 0.3 is 6.03 Å². The van der Waals surface area contributed by atoms with Crippen molar-refractivity contribution in [1.29, 1.82) is 0 Å². The van der Waals surface area contributed by atoms with Gasteiger partial charge in [-0.05, 0) is 25.0 Å². The van der Waals surface area contributed by atoms with Crippen LogP contribution in [0.1, 0.15) is 57.6 Å². The number of rotatable bonds is 15. The zero-order valence-electron chi connectivity index (χ0n) is 15.9. The second-order valence-corrected chi connectivity index (χ2v) is 6.20. The van der Waals surface area contributed by atoms with E-state index in [0.717, 1.165) is 19.4 Å². The highest BCUT2D eigenvalue weighted by Crippen LogP contribution is 2.04. The molecule has 0 aromatic carbocycles. The van der Waals surface area contributed by atoms with Crippen LogP contribution in [0.3, 0.4) is 0 Å². The molecule has 0 atom stereocenters. The number of unbranched alkanes of at least 4 members (excludes halogenated alkanes) is 5. The maximum absolute atomic E-state index is 11.6. The third-order valence-electron chi connectivity index (χ3n) is 3.84. The molecule has 0 fully saturated rings. The smallest absolute Gasteiger partial charge is 0.315 e. The summed E-state index contributed by atoms with van der Waals surface area (Å²) in [7, 11) is 0. The number of furan rings is 1. The van der Waals surface area contributed by atoms with Gasteiger partial charge in [-0.15, -0.1) is 0 Å². The van der Waals surface area contributed by atoms with Crippen LogP contribution in [0.5, 0.6) is 0 Å². The van der Waals surface area contributed by atoms with Crippen LogP contribution >= 0.6 is 0 Å². The van der Waals surface area contributed by atoms with Crippen molar-refractivity contribution >= 4 is 11.9 Å².